The van der Waals surface area contributed by atoms with Crippen molar-refractivity contribution >= 4 is 11.6 Å². The number of carbonyl (C=O) groups is 1. The van der Waals surface area contributed by atoms with Gasteiger partial charge in [0.25, 0.3) is 0 Å². The van der Waals surface area contributed by atoms with E-state index in [9.17, 15) is 4.79 Å². The molecule has 1 aromatic carbocycles. The Balaban J connectivity index is 2.07. The summed E-state index contributed by atoms with van der Waals surface area (Å²) in [5.41, 5.74) is 6.35. The summed E-state index contributed by atoms with van der Waals surface area (Å²) in [6, 6.07) is 5.92. The van der Waals surface area contributed by atoms with Crippen molar-refractivity contribution in [2.45, 2.75) is 12.5 Å². The molecule has 2 rings (SSSR count). The molecule has 0 spiro atoms. The van der Waals surface area contributed by atoms with Gasteiger partial charge in [-0.25, -0.2) is 0 Å². The first-order chi connectivity index (χ1) is 9.66. The summed E-state index contributed by atoms with van der Waals surface area (Å²) in [4.78, 5) is 13.5. The molecular weight excluding hydrogens is 258 g/mol. The number of hydrogen-bond acceptors (Lipinski definition) is 5. The fraction of sp³-hybridized carbons (Fsp3) is 0.500. The minimum absolute atomic E-state index is 0.0312. The molecule has 6 nitrogen and oxygen atoms in total. The van der Waals surface area contributed by atoms with E-state index >= 15 is 0 Å². The predicted octanol–water partition coefficient (Wildman–Crippen LogP) is 0.357. The Labute approximate surface area is 118 Å². The van der Waals surface area contributed by atoms with Gasteiger partial charge >= 0.3 is 0 Å². The van der Waals surface area contributed by atoms with Gasteiger partial charge in [-0.3, -0.25) is 4.79 Å². The summed E-state index contributed by atoms with van der Waals surface area (Å²) in [6.07, 6.45) is 0.908. The minimum Gasteiger partial charge on any atom is -0.497 e. The molecule has 20 heavy (non-hydrogen) atoms. The molecule has 1 aliphatic rings. The molecule has 1 fully saturated rings. The third-order valence-electron chi connectivity index (χ3n) is 3.44. The monoisotopic (exact) mass is 279 g/mol. The Morgan fingerprint density at radius 1 is 1.35 bits per heavy atom. The van der Waals surface area contributed by atoms with Gasteiger partial charge in [0.15, 0.2) is 0 Å². The molecule has 1 amide bonds. The lowest BCUT2D eigenvalue weighted by molar-refractivity contribution is -0.120. The summed E-state index contributed by atoms with van der Waals surface area (Å²) in [5.74, 6) is 1.41. The van der Waals surface area contributed by atoms with Crippen LogP contribution in [-0.4, -0.2) is 45.8 Å². The molecule has 0 saturated carbocycles. The Morgan fingerprint density at radius 2 is 2.00 bits per heavy atom. The van der Waals surface area contributed by atoms with Crippen molar-refractivity contribution in [3.8, 4) is 11.5 Å². The topological polar surface area (TPSA) is 76.8 Å². The number of amides is 1. The van der Waals surface area contributed by atoms with Crippen molar-refractivity contribution in [2.24, 2.45) is 5.73 Å². The lowest BCUT2D eigenvalue weighted by atomic mass is 10.2. The minimum atomic E-state index is -0.111. The number of nitrogens with two attached hydrogens (primary N) is 1. The van der Waals surface area contributed by atoms with Crippen LogP contribution in [0.5, 0.6) is 11.5 Å². The zero-order valence-corrected chi connectivity index (χ0v) is 11.9. The van der Waals surface area contributed by atoms with E-state index in [1.54, 1.807) is 14.2 Å². The Bertz CT molecular complexity index is 456. The van der Waals surface area contributed by atoms with E-state index in [-0.39, 0.29) is 18.5 Å². The molecule has 0 radical (unpaired) electrons. The molecule has 110 valence electrons. The standard InChI is InChI=1S/C14H21N3O3/c1-19-12-5-11(6-13(7-12)20-2)17-4-3-10(9-17)16-14(18)8-15/h5-7,10H,3-4,8-9,15H2,1-2H3,(H,16,18). The van der Waals surface area contributed by atoms with Crippen LogP contribution in [0, 0.1) is 0 Å². The lowest BCUT2D eigenvalue weighted by Crippen LogP contribution is -2.40. The molecule has 6 heteroatoms. The van der Waals surface area contributed by atoms with E-state index in [1.165, 1.54) is 0 Å². The molecule has 0 bridgehead atoms. The van der Waals surface area contributed by atoms with Crippen molar-refractivity contribution < 1.29 is 14.3 Å². The van der Waals surface area contributed by atoms with E-state index in [0.717, 1.165) is 36.7 Å². The van der Waals surface area contributed by atoms with Crippen molar-refractivity contribution in [3.63, 3.8) is 0 Å². The Hall–Kier alpha value is -1.95. The normalized spacial score (nSPS) is 17.9. The van der Waals surface area contributed by atoms with Crippen LogP contribution in [0.1, 0.15) is 6.42 Å². The number of rotatable bonds is 5. The number of carbonyl (C=O) groups excluding carboxylic acids is 1. The quantitative estimate of drug-likeness (QED) is 0.813. The number of methoxy groups -OCH3 is 2. The SMILES string of the molecule is COc1cc(OC)cc(N2CCC(NC(=O)CN)C2)c1. The zero-order valence-electron chi connectivity index (χ0n) is 11.9. The van der Waals surface area contributed by atoms with Gasteiger partial charge in [-0.1, -0.05) is 0 Å². The third kappa shape index (κ3) is 3.33. The molecule has 1 aromatic rings. The number of benzene rings is 1. The average molecular weight is 279 g/mol. The maximum atomic E-state index is 11.3. The number of hydrogen-bond donors (Lipinski definition) is 2. The zero-order chi connectivity index (χ0) is 14.5. The van der Waals surface area contributed by atoms with Gasteiger partial charge in [-0.15, -0.1) is 0 Å². The average Bonchev–Trinajstić information content (AvgIpc) is 2.94. The molecule has 0 aromatic heterocycles. The fourth-order valence-corrected chi connectivity index (χ4v) is 2.37. The first-order valence-corrected chi connectivity index (χ1v) is 6.63. The highest BCUT2D eigenvalue weighted by Crippen LogP contribution is 2.30. The summed E-state index contributed by atoms with van der Waals surface area (Å²) in [5, 5.41) is 2.92. The summed E-state index contributed by atoms with van der Waals surface area (Å²) in [6.45, 7) is 1.68. The van der Waals surface area contributed by atoms with Crippen molar-refractivity contribution in [2.75, 3.05) is 38.8 Å². The van der Waals surface area contributed by atoms with E-state index in [0.29, 0.717) is 0 Å². The van der Waals surface area contributed by atoms with Crippen molar-refractivity contribution in [1.82, 2.24) is 5.32 Å². The second kappa shape index (κ2) is 6.47. The Morgan fingerprint density at radius 3 is 2.55 bits per heavy atom. The first kappa shape index (κ1) is 14.5. The highest BCUT2D eigenvalue weighted by atomic mass is 16.5. The van der Waals surface area contributed by atoms with Crippen LogP contribution in [-0.2, 0) is 4.79 Å². The molecule has 3 N–H and O–H groups in total. The van der Waals surface area contributed by atoms with Crippen molar-refractivity contribution in [3.05, 3.63) is 18.2 Å². The van der Waals surface area contributed by atoms with Crippen LogP contribution in [0.3, 0.4) is 0 Å². The van der Waals surface area contributed by atoms with Gasteiger partial charge in [0.1, 0.15) is 11.5 Å². The van der Waals surface area contributed by atoms with Crippen LogP contribution in [0.25, 0.3) is 0 Å². The van der Waals surface area contributed by atoms with Crippen LogP contribution in [0.2, 0.25) is 0 Å². The fourth-order valence-electron chi connectivity index (χ4n) is 2.37. The van der Waals surface area contributed by atoms with Gasteiger partial charge in [-0.05, 0) is 6.42 Å². The smallest absolute Gasteiger partial charge is 0.234 e. The van der Waals surface area contributed by atoms with Gasteiger partial charge < -0.3 is 25.4 Å². The highest BCUT2D eigenvalue weighted by molar-refractivity contribution is 5.78. The molecule has 1 saturated heterocycles. The van der Waals surface area contributed by atoms with E-state index in [1.807, 2.05) is 18.2 Å². The molecule has 1 heterocycles. The Kier molecular flexibility index (Phi) is 4.68. The van der Waals surface area contributed by atoms with Gasteiger partial charge in [0.05, 0.1) is 20.8 Å². The molecule has 1 unspecified atom stereocenters. The summed E-state index contributed by atoms with van der Waals surface area (Å²) < 4.78 is 10.5. The van der Waals surface area contributed by atoms with E-state index < -0.39 is 0 Å². The predicted molar refractivity (Wildman–Crippen MR) is 77.4 cm³/mol. The largest absolute Gasteiger partial charge is 0.497 e. The maximum Gasteiger partial charge on any atom is 0.234 e. The summed E-state index contributed by atoms with van der Waals surface area (Å²) in [7, 11) is 3.26. The second-order valence-corrected chi connectivity index (χ2v) is 4.77. The third-order valence-corrected chi connectivity index (χ3v) is 3.44. The lowest BCUT2D eigenvalue weighted by Gasteiger charge is -2.20. The number of nitrogens with zero attached hydrogens (tertiary/aromatic N) is 1. The summed E-state index contributed by atoms with van der Waals surface area (Å²) >= 11 is 0. The van der Waals surface area contributed by atoms with E-state index in [4.69, 9.17) is 15.2 Å². The van der Waals surface area contributed by atoms with Gasteiger partial charge in [0, 0.05) is 43.0 Å². The van der Waals surface area contributed by atoms with Gasteiger partial charge in [-0.2, -0.15) is 0 Å². The number of nitrogens with one attached hydrogen (secondary N) is 1. The van der Waals surface area contributed by atoms with Crippen LogP contribution in [0.15, 0.2) is 18.2 Å². The van der Waals surface area contributed by atoms with Crippen LogP contribution in [0.4, 0.5) is 5.69 Å². The molecule has 1 atom stereocenters. The number of ether oxygens (including phenoxy) is 2. The van der Waals surface area contributed by atoms with E-state index in [2.05, 4.69) is 10.2 Å². The maximum absolute atomic E-state index is 11.3. The molecule has 0 aliphatic carbocycles. The van der Waals surface area contributed by atoms with Crippen molar-refractivity contribution in [1.29, 1.82) is 0 Å². The molecular formula is C14H21N3O3. The second-order valence-electron chi connectivity index (χ2n) is 4.77. The van der Waals surface area contributed by atoms with Crippen LogP contribution >= 0.6 is 0 Å². The molecule has 1 aliphatic heterocycles. The van der Waals surface area contributed by atoms with Gasteiger partial charge in [0.2, 0.25) is 5.91 Å². The highest BCUT2D eigenvalue weighted by Gasteiger charge is 2.24. The first-order valence-electron chi connectivity index (χ1n) is 6.63. The van der Waals surface area contributed by atoms with Crippen LogP contribution < -0.4 is 25.4 Å². The number of anilines is 1.